The lowest BCUT2D eigenvalue weighted by Crippen LogP contribution is -2.39. The Hall–Kier alpha value is -3.60. The second-order valence-corrected chi connectivity index (χ2v) is 10.9. The molecule has 0 saturated carbocycles. The summed E-state index contributed by atoms with van der Waals surface area (Å²) in [7, 11) is 0. The Kier molecular flexibility index (Phi) is 6.02. The van der Waals surface area contributed by atoms with Gasteiger partial charge in [0, 0.05) is 23.4 Å². The summed E-state index contributed by atoms with van der Waals surface area (Å²) in [5.74, 6) is 1.70. The number of aromatic nitrogens is 5. The average molecular weight is 517 g/mol. The van der Waals surface area contributed by atoms with Crippen molar-refractivity contribution in [3.8, 4) is 16.9 Å². The van der Waals surface area contributed by atoms with Crippen molar-refractivity contribution in [2.24, 2.45) is 5.92 Å². The zero-order valence-corrected chi connectivity index (χ0v) is 21.7. The summed E-state index contributed by atoms with van der Waals surface area (Å²) in [4.78, 5) is 13.6. The lowest BCUT2D eigenvalue weighted by Gasteiger charge is -2.32. The summed E-state index contributed by atoms with van der Waals surface area (Å²) in [6.45, 7) is 7.32. The lowest BCUT2D eigenvalue weighted by molar-refractivity contribution is -0.0773. The maximum absolute atomic E-state index is 9.77. The predicted molar refractivity (Wildman–Crippen MR) is 144 cm³/mol. The van der Waals surface area contributed by atoms with E-state index in [0.29, 0.717) is 30.7 Å². The summed E-state index contributed by atoms with van der Waals surface area (Å²) in [5.41, 5.74) is 5.82. The van der Waals surface area contributed by atoms with Gasteiger partial charge in [0.15, 0.2) is 0 Å². The molecule has 190 valence electrons. The second kappa shape index (κ2) is 9.37. The summed E-state index contributed by atoms with van der Waals surface area (Å²) in [5, 5.41) is 18.6. The van der Waals surface area contributed by atoms with Crippen molar-refractivity contribution in [1.82, 2.24) is 24.7 Å². The normalized spacial score (nSPS) is 15.1. The van der Waals surface area contributed by atoms with E-state index in [1.807, 2.05) is 49.8 Å². The Bertz CT molecular complexity index is 1580. The van der Waals surface area contributed by atoms with Crippen molar-refractivity contribution >= 4 is 44.0 Å². The Morgan fingerprint density at radius 2 is 2.03 bits per heavy atom. The van der Waals surface area contributed by atoms with Crippen LogP contribution in [0.1, 0.15) is 20.8 Å². The van der Waals surface area contributed by atoms with Gasteiger partial charge in [-0.1, -0.05) is 0 Å². The van der Waals surface area contributed by atoms with E-state index in [0.717, 1.165) is 37.9 Å². The molecule has 1 aliphatic heterocycles. The Labute approximate surface area is 218 Å². The molecule has 6 rings (SSSR count). The maximum Gasteiger partial charge on any atom is 0.145 e. The standard InChI is InChI=1S/C27H28N6O3S/c1-16(19-11-35-12-19)36-23-7-17(18-9-31-33(10-18)27(2,3)13-34)6-22-25(23)26(29-14-28-22)32-20-4-5-21-24(8-20)37-15-30-21/h4-10,14-16,19,34H,11-13H2,1-3H3,(H,28,29,32)/t16-/m0/s1. The van der Waals surface area contributed by atoms with Gasteiger partial charge in [0.1, 0.15) is 24.0 Å². The minimum Gasteiger partial charge on any atom is -0.489 e. The number of ether oxygens (including phenoxy) is 2. The molecule has 1 saturated heterocycles. The fraction of sp³-hybridized carbons (Fsp3) is 0.333. The summed E-state index contributed by atoms with van der Waals surface area (Å²) in [6, 6.07) is 10.1. The van der Waals surface area contributed by atoms with Crippen LogP contribution in [0.15, 0.2) is 54.6 Å². The largest absolute Gasteiger partial charge is 0.489 e. The SMILES string of the molecule is C[C@H](Oc1cc(-c2cnn(C(C)(C)CO)c2)cc2ncnc(Nc3ccc4ncsc4c3)c12)C1COC1. The minimum atomic E-state index is -0.508. The first-order chi connectivity index (χ1) is 17.9. The van der Waals surface area contributed by atoms with Crippen molar-refractivity contribution in [1.29, 1.82) is 0 Å². The number of anilines is 2. The lowest BCUT2D eigenvalue weighted by atomic mass is 10.0. The first-order valence-corrected chi connectivity index (χ1v) is 13.1. The number of rotatable bonds is 8. The Balaban J connectivity index is 1.44. The Morgan fingerprint density at radius 3 is 2.81 bits per heavy atom. The monoisotopic (exact) mass is 516 g/mol. The molecule has 0 spiro atoms. The number of nitrogens with zero attached hydrogens (tertiary/aromatic N) is 5. The fourth-order valence-corrected chi connectivity index (χ4v) is 4.99. The van der Waals surface area contributed by atoms with Crippen LogP contribution in [0.25, 0.3) is 32.2 Å². The molecule has 9 nitrogen and oxygen atoms in total. The number of aliphatic hydroxyl groups is 1. The van der Waals surface area contributed by atoms with Gasteiger partial charge in [-0.05, 0) is 56.7 Å². The molecular formula is C27H28N6O3S. The van der Waals surface area contributed by atoms with Crippen molar-refractivity contribution in [3.63, 3.8) is 0 Å². The number of aliphatic hydroxyl groups excluding tert-OH is 1. The third kappa shape index (κ3) is 4.52. The predicted octanol–water partition coefficient (Wildman–Crippen LogP) is 4.99. The number of hydrogen-bond acceptors (Lipinski definition) is 9. The number of nitrogens with one attached hydrogen (secondary N) is 1. The quantitative estimate of drug-likeness (QED) is 0.297. The van der Waals surface area contributed by atoms with Crippen LogP contribution >= 0.6 is 11.3 Å². The number of fused-ring (bicyclic) bond motifs is 2. The molecule has 10 heteroatoms. The van der Waals surface area contributed by atoms with Gasteiger partial charge in [-0.25, -0.2) is 15.0 Å². The third-order valence-corrected chi connectivity index (χ3v) is 7.65. The molecule has 0 amide bonds. The number of thiazole rings is 1. The van der Waals surface area contributed by atoms with Crippen LogP contribution in [0, 0.1) is 5.92 Å². The van der Waals surface area contributed by atoms with E-state index >= 15 is 0 Å². The average Bonchev–Trinajstić information content (AvgIpc) is 3.53. The molecule has 4 heterocycles. The molecular weight excluding hydrogens is 488 g/mol. The molecule has 3 aromatic heterocycles. The third-order valence-electron chi connectivity index (χ3n) is 6.86. The maximum atomic E-state index is 9.77. The van der Waals surface area contributed by atoms with Crippen LogP contribution < -0.4 is 10.1 Å². The smallest absolute Gasteiger partial charge is 0.145 e. The van der Waals surface area contributed by atoms with E-state index in [-0.39, 0.29) is 12.7 Å². The van der Waals surface area contributed by atoms with Gasteiger partial charge in [-0.15, -0.1) is 11.3 Å². The summed E-state index contributed by atoms with van der Waals surface area (Å²) < 4.78 is 14.8. The minimum absolute atomic E-state index is 0.0171. The van der Waals surface area contributed by atoms with Gasteiger partial charge in [0.2, 0.25) is 0 Å². The number of hydrogen-bond donors (Lipinski definition) is 2. The van der Waals surface area contributed by atoms with E-state index in [9.17, 15) is 5.11 Å². The molecule has 0 radical (unpaired) electrons. The van der Waals surface area contributed by atoms with Crippen LogP contribution in [-0.4, -0.2) is 55.8 Å². The van der Waals surface area contributed by atoms with E-state index in [2.05, 4.69) is 38.4 Å². The van der Waals surface area contributed by atoms with Crippen molar-refractivity contribution < 1.29 is 14.6 Å². The van der Waals surface area contributed by atoms with E-state index in [4.69, 9.17) is 9.47 Å². The highest BCUT2D eigenvalue weighted by molar-refractivity contribution is 7.16. The van der Waals surface area contributed by atoms with E-state index in [1.54, 1.807) is 28.5 Å². The first-order valence-electron chi connectivity index (χ1n) is 12.2. The van der Waals surface area contributed by atoms with E-state index in [1.165, 1.54) is 0 Å². The molecule has 37 heavy (non-hydrogen) atoms. The topological polar surface area (TPSA) is 107 Å². The summed E-state index contributed by atoms with van der Waals surface area (Å²) in [6.07, 6.45) is 5.26. The van der Waals surface area contributed by atoms with Crippen molar-refractivity contribution in [2.75, 3.05) is 25.1 Å². The van der Waals surface area contributed by atoms with Gasteiger partial charge >= 0.3 is 0 Å². The molecule has 0 unspecified atom stereocenters. The number of benzene rings is 2. The molecule has 1 atom stereocenters. The molecule has 2 aromatic carbocycles. The van der Waals surface area contributed by atoms with Crippen LogP contribution in [0.4, 0.5) is 11.5 Å². The molecule has 1 aliphatic rings. The van der Waals surface area contributed by atoms with Crippen LogP contribution in [0.3, 0.4) is 0 Å². The van der Waals surface area contributed by atoms with E-state index < -0.39 is 5.54 Å². The highest BCUT2D eigenvalue weighted by Crippen LogP contribution is 2.38. The highest BCUT2D eigenvalue weighted by Gasteiger charge is 2.28. The summed E-state index contributed by atoms with van der Waals surface area (Å²) >= 11 is 1.60. The molecule has 5 aromatic rings. The molecule has 2 N–H and O–H groups in total. The van der Waals surface area contributed by atoms with Gasteiger partial charge in [0.05, 0.1) is 58.2 Å². The molecule has 1 fully saturated rings. The fourth-order valence-electron chi connectivity index (χ4n) is 4.27. The van der Waals surface area contributed by atoms with Crippen molar-refractivity contribution in [2.45, 2.75) is 32.4 Å². The second-order valence-electron chi connectivity index (χ2n) is 10.0. The Morgan fingerprint density at radius 1 is 1.16 bits per heavy atom. The van der Waals surface area contributed by atoms with Gasteiger partial charge in [0.25, 0.3) is 0 Å². The van der Waals surface area contributed by atoms with Gasteiger partial charge in [-0.3, -0.25) is 4.68 Å². The first kappa shape index (κ1) is 23.8. The zero-order chi connectivity index (χ0) is 25.6. The molecule has 0 aliphatic carbocycles. The van der Waals surface area contributed by atoms with Crippen LogP contribution in [-0.2, 0) is 10.3 Å². The van der Waals surface area contributed by atoms with Crippen LogP contribution in [0.2, 0.25) is 0 Å². The van der Waals surface area contributed by atoms with Gasteiger partial charge < -0.3 is 19.9 Å². The zero-order valence-electron chi connectivity index (χ0n) is 20.9. The highest BCUT2D eigenvalue weighted by atomic mass is 32.1. The molecule has 0 bridgehead atoms. The van der Waals surface area contributed by atoms with Crippen LogP contribution in [0.5, 0.6) is 5.75 Å². The van der Waals surface area contributed by atoms with Gasteiger partial charge in [-0.2, -0.15) is 5.10 Å². The van der Waals surface area contributed by atoms with Crippen molar-refractivity contribution in [3.05, 3.63) is 54.6 Å².